The van der Waals surface area contributed by atoms with Crippen LogP contribution in [0.15, 0.2) is 16.7 Å². The highest BCUT2D eigenvalue weighted by Crippen LogP contribution is 2.20. The van der Waals surface area contributed by atoms with Gasteiger partial charge in [0.2, 0.25) is 11.6 Å². The molecule has 0 unspecified atom stereocenters. The van der Waals surface area contributed by atoms with Gasteiger partial charge in [-0.25, -0.2) is 4.98 Å². The molecule has 19 heavy (non-hydrogen) atoms. The molecule has 2 amide bonds. The van der Waals surface area contributed by atoms with Crippen LogP contribution in [-0.2, 0) is 4.79 Å². The summed E-state index contributed by atoms with van der Waals surface area (Å²) in [6, 6.07) is 1.17. The number of carbonyl (C=O) groups is 2. The van der Waals surface area contributed by atoms with Gasteiger partial charge in [-0.3, -0.25) is 19.7 Å². The smallest absolute Gasteiger partial charge is 0.301 e. The lowest BCUT2D eigenvalue weighted by Gasteiger charge is -1.97. The second-order valence-electron chi connectivity index (χ2n) is 3.36. The van der Waals surface area contributed by atoms with Crippen LogP contribution in [0.1, 0.15) is 30.3 Å². The first-order chi connectivity index (χ1) is 8.79. The molecular formula is C10H13BrN4O4. The average Bonchev–Trinajstić information content (AvgIpc) is 2.28. The molecule has 0 saturated carbocycles. The molecule has 0 fully saturated rings. The first kappa shape index (κ1) is 17.0. The molecule has 8 nitrogen and oxygen atoms in total. The fourth-order valence-electron chi connectivity index (χ4n) is 1.00. The van der Waals surface area contributed by atoms with Crippen molar-refractivity contribution in [2.75, 3.05) is 0 Å². The van der Waals surface area contributed by atoms with Gasteiger partial charge in [-0.2, -0.15) is 0 Å². The Hall–Kier alpha value is -2.03. The fraction of sp³-hybridized carbons (Fsp3) is 0.300. The minimum absolute atomic E-state index is 0.211. The summed E-state index contributed by atoms with van der Waals surface area (Å²) in [7, 11) is 0. The topological polar surface area (TPSA) is 142 Å². The summed E-state index contributed by atoms with van der Waals surface area (Å²) in [6.45, 7) is 1.92. The van der Waals surface area contributed by atoms with Crippen molar-refractivity contribution < 1.29 is 14.5 Å². The SMILES string of the molecule is CCCC(N)=O.NC(=O)c1ncc(Br)cc1[N+](=O)[O-]. The Labute approximate surface area is 117 Å². The van der Waals surface area contributed by atoms with Crippen LogP contribution < -0.4 is 11.5 Å². The highest BCUT2D eigenvalue weighted by Gasteiger charge is 2.19. The van der Waals surface area contributed by atoms with E-state index in [0.29, 0.717) is 10.9 Å². The van der Waals surface area contributed by atoms with E-state index in [1.165, 1.54) is 12.3 Å². The van der Waals surface area contributed by atoms with Gasteiger partial charge in [-0.05, 0) is 22.4 Å². The fourth-order valence-corrected chi connectivity index (χ4v) is 1.32. The number of carbonyl (C=O) groups excluding carboxylic acids is 2. The van der Waals surface area contributed by atoms with Gasteiger partial charge in [0.25, 0.3) is 5.91 Å². The van der Waals surface area contributed by atoms with E-state index in [0.717, 1.165) is 6.42 Å². The number of nitrogens with two attached hydrogens (primary N) is 2. The maximum atomic E-state index is 10.7. The number of hydrogen-bond acceptors (Lipinski definition) is 5. The third-order valence-corrected chi connectivity index (χ3v) is 2.19. The molecule has 1 aromatic heterocycles. The van der Waals surface area contributed by atoms with Crippen molar-refractivity contribution in [3.8, 4) is 0 Å². The second-order valence-corrected chi connectivity index (χ2v) is 4.27. The first-order valence-electron chi connectivity index (χ1n) is 5.17. The minimum atomic E-state index is -0.917. The van der Waals surface area contributed by atoms with Crippen LogP contribution in [0.5, 0.6) is 0 Å². The molecule has 1 rings (SSSR count). The molecule has 0 saturated heterocycles. The summed E-state index contributed by atoms with van der Waals surface area (Å²) in [5.41, 5.74) is 8.90. The number of hydrogen-bond donors (Lipinski definition) is 2. The summed E-state index contributed by atoms with van der Waals surface area (Å²) >= 11 is 2.99. The Balaban J connectivity index is 0.000000459. The standard InChI is InChI=1S/C6H4BrN3O3.C4H9NO/c7-3-1-4(10(12)13)5(6(8)11)9-2-3;1-2-3-4(5)6/h1-2H,(H2,8,11);2-3H2,1H3,(H2,5,6). The number of pyridine rings is 1. The number of aromatic nitrogens is 1. The van der Waals surface area contributed by atoms with E-state index in [4.69, 9.17) is 11.5 Å². The van der Waals surface area contributed by atoms with Crippen molar-refractivity contribution in [2.45, 2.75) is 19.8 Å². The van der Waals surface area contributed by atoms with Gasteiger partial charge < -0.3 is 11.5 Å². The highest BCUT2D eigenvalue weighted by molar-refractivity contribution is 9.10. The van der Waals surface area contributed by atoms with Gasteiger partial charge in [0.1, 0.15) is 0 Å². The summed E-state index contributed by atoms with van der Waals surface area (Å²) in [4.78, 5) is 33.7. The predicted octanol–water partition coefficient (Wildman–Crippen LogP) is 1.12. The normalized spacial score (nSPS) is 9.16. The number of amides is 2. The van der Waals surface area contributed by atoms with Crippen molar-refractivity contribution in [3.05, 3.63) is 32.5 Å². The summed E-state index contributed by atoms with van der Waals surface area (Å²) in [5.74, 6) is -1.13. The summed E-state index contributed by atoms with van der Waals surface area (Å²) < 4.78 is 0.421. The van der Waals surface area contributed by atoms with E-state index in [1.807, 2.05) is 6.92 Å². The first-order valence-corrected chi connectivity index (χ1v) is 5.96. The van der Waals surface area contributed by atoms with Crippen LogP contribution in [0.2, 0.25) is 0 Å². The Morgan fingerprint density at radius 3 is 2.37 bits per heavy atom. The van der Waals surface area contributed by atoms with Crippen LogP contribution in [0.3, 0.4) is 0 Å². The molecule has 9 heteroatoms. The zero-order valence-corrected chi connectivity index (χ0v) is 11.7. The summed E-state index contributed by atoms with van der Waals surface area (Å²) in [5, 5.41) is 10.4. The average molecular weight is 333 g/mol. The Kier molecular flexibility index (Phi) is 7.27. The van der Waals surface area contributed by atoms with Crippen LogP contribution in [0.25, 0.3) is 0 Å². The van der Waals surface area contributed by atoms with Crippen LogP contribution in [0, 0.1) is 10.1 Å². The molecule has 0 bridgehead atoms. The predicted molar refractivity (Wildman–Crippen MR) is 71.2 cm³/mol. The number of nitrogens with zero attached hydrogens (tertiary/aromatic N) is 2. The van der Waals surface area contributed by atoms with Gasteiger partial charge in [0.15, 0.2) is 0 Å². The maximum Gasteiger partial charge on any atom is 0.301 e. The zero-order chi connectivity index (χ0) is 15.0. The molecule has 0 radical (unpaired) electrons. The number of rotatable bonds is 4. The van der Waals surface area contributed by atoms with E-state index < -0.39 is 16.5 Å². The van der Waals surface area contributed by atoms with E-state index >= 15 is 0 Å². The Bertz CT molecular complexity index is 492. The monoisotopic (exact) mass is 332 g/mol. The number of primary amides is 2. The van der Waals surface area contributed by atoms with Gasteiger partial charge in [0.05, 0.1) is 4.92 Å². The van der Waals surface area contributed by atoms with Crippen molar-refractivity contribution in [1.29, 1.82) is 0 Å². The molecule has 4 N–H and O–H groups in total. The van der Waals surface area contributed by atoms with Crippen LogP contribution >= 0.6 is 15.9 Å². The Morgan fingerprint density at radius 1 is 1.47 bits per heavy atom. The molecule has 1 aromatic rings. The minimum Gasteiger partial charge on any atom is -0.370 e. The van der Waals surface area contributed by atoms with Crippen molar-refractivity contribution in [1.82, 2.24) is 4.98 Å². The van der Waals surface area contributed by atoms with Gasteiger partial charge in [-0.15, -0.1) is 0 Å². The molecule has 0 spiro atoms. The second kappa shape index (κ2) is 8.14. The summed E-state index contributed by atoms with van der Waals surface area (Å²) in [6.07, 6.45) is 2.64. The number of halogens is 1. The van der Waals surface area contributed by atoms with Gasteiger partial charge in [-0.1, -0.05) is 6.92 Å². The third kappa shape index (κ3) is 6.46. The molecule has 104 valence electrons. The van der Waals surface area contributed by atoms with Gasteiger partial charge >= 0.3 is 5.69 Å². The Morgan fingerprint density at radius 2 is 2.05 bits per heavy atom. The number of nitro groups is 1. The van der Waals surface area contributed by atoms with E-state index in [9.17, 15) is 19.7 Å². The molecule has 0 aliphatic carbocycles. The quantitative estimate of drug-likeness (QED) is 0.627. The largest absolute Gasteiger partial charge is 0.370 e. The highest BCUT2D eigenvalue weighted by atomic mass is 79.9. The van der Waals surface area contributed by atoms with Crippen molar-refractivity contribution in [2.24, 2.45) is 11.5 Å². The lowest BCUT2D eigenvalue weighted by Crippen LogP contribution is -2.15. The molecule has 0 atom stereocenters. The van der Waals surface area contributed by atoms with Crippen LogP contribution in [0.4, 0.5) is 5.69 Å². The maximum absolute atomic E-state index is 10.7. The third-order valence-electron chi connectivity index (χ3n) is 1.76. The molecule has 1 heterocycles. The van der Waals surface area contributed by atoms with E-state index in [-0.39, 0.29) is 11.6 Å². The molecular weight excluding hydrogens is 320 g/mol. The lowest BCUT2D eigenvalue weighted by molar-refractivity contribution is -0.385. The van der Waals surface area contributed by atoms with E-state index in [1.54, 1.807) is 0 Å². The lowest BCUT2D eigenvalue weighted by atomic mass is 10.3. The van der Waals surface area contributed by atoms with Gasteiger partial charge in [0, 0.05) is 23.2 Å². The van der Waals surface area contributed by atoms with Crippen molar-refractivity contribution in [3.63, 3.8) is 0 Å². The van der Waals surface area contributed by atoms with E-state index in [2.05, 4.69) is 20.9 Å². The van der Waals surface area contributed by atoms with Crippen molar-refractivity contribution >= 4 is 33.4 Å². The molecule has 0 aromatic carbocycles. The molecule has 0 aliphatic heterocycles. The van der Waals surface area contributed by atoms with Crippen LogP contribution in [-0.4, -0.2) is 21.7 Å². The molecule has 0 aliphatic rings. The zero-order valence-electron chi connectivity index (χ0n) is 10.1.